The molecule has 0 radical (unpaired) electrons. The number of aryl methyl sites for hydroxylation is 2. The van der Waals surface area contributed by atoms with Crippen molar-refractivity contribution >= 4 is 28.9 Å². The number of carbonyl (C=O) groups excluding carboxylic acids is 1. The number of nitrogen functional groups attached to an aromatic ring is 1. The van der Waals surface area contributed by atoms with Crippen molar-refractivity contribution in [3.05, 3.63) is 88.4 Å². The number of benzene rings is 2. The maximum Gasteiger partial charge on any atom is 0.255 e. The van der Waals surface area contributed by atoms with Gasteiger partial charge >= 0.3 is 0 Å². The predicted molar refractivity (Wildman–Crippen MR) is 120 cm³/mol. The molecule has 0 atom stereocenters. The van der Waals surface area contributed by atoms with Gasteiger partial charge in [-0.2, -0.15) is 0 Å². The summed E-state index contributed by atoms with van der Waals surface area (Å²) in [7, 11) is 0. The standard InChI is InChI=1S/C22H21N7O2/c1-13-3-4-15(7-19(13)27-22-24-6-5-20(30)28-22)21(31)26-17-8-16(23)9-18(10-17)29-11-14(2)25-12-29/h3-12H,23H2,1-2H3,(H,26,31)(H2,24,27,28,30). The summed E-state index contributed by atoms with van der Waals surface area (Å²) in [6.07, 6.45) is 4.97. The first-order valence-electron chi connectivity index (χ1n) is 9.53. The Kier molecular flexibility index (Phi) is 5.23. The van der Waals surface area contributed by atoms with Crippen molar-refractivity contribution in [2.24, 2.45) is 0 Å². The second-order valence-electron chi connectivity index (χ2n) is 7.13. The number of nitrogens with zero attached hydrogens (tertiary/aromatic N) is 3. The zero-order chi connectivity index (χ0) is 22.0. The van der Waals surface area contributed by atoms with Crippen molar-refractivity contribution in [3.63, 3.8) is 0 Å². The number of aromatic nitrogens is 4. The van der Waals surface area contributed by atoms with Gasteiger partial charge in [-0.1, -0.05) is 6.07 Å². The number of amides is 1. The summed E-state index contributed by atoms with van der Waals surface area (Å²) in [5.41, 5.74) is 10.5. The number of rotatable bonds is 5. The van der Waals surface area contributed by atoms with E-state index in [1.54, 1.807) is 30.6 Å². The summed E-state index contributed by atoms with van der Waals surface area (Å²) in [5.74, 6) is 0.000171. The van der Waals surface area contributed by atoms with Crippen LogP contribution in [-0.4, -0.2) is 25.4 Å². The first kappa shape index (κ1) is 19.9. The van der Waals surface area contributed by atoms with Crippen molar-refractivity contribution in [2.45, 2.75) is 13.8 Å². The first-order valence-corrected chi connectivity index (χ1v) is 9.53. The van der Waals surface area contributed by atoms with E-state index in [-0.39, 0.29) is 11.5 Å². The van der Waals surface area contributed by atoms with Crippen LogP contribution in [0.5, 0.6) is 0 Å². The maximum atomic E-state index is 12.9. The molecule has 0 aliphatic heterocycles. The summed E-state index contributed by atoms with van der Waals surface area (Å²) in [6.45, 7) is 3.79. The molecular weight excluding hydrogens is 394 g/mol. The van der Waals surface area contributed by atoms with Gasteiger partial charge in [0.2, 0.25) is 5.95 Å². The van der Waals surface area contributed by atoms with Gasteiger partial charge in [0.15, 0.2) is 0 Å². The number of aromatic amines is 1. The molecule has 156 valence electrons. The molecule has 31 heavy (non-hydrogen) atoms. The third-order valence-electron chi connectivity index (χ3n) is 4.63. The lowest BCUT2D eigenvalue weighted by Crippen LogP contribution is -2.13. The van der Waals surface area contributed by atoms with Gasteiger partial charge in [0.05, 0.1) is 17.7 Å². The van der Waals surface area contributed by atoms with Gasteiger partial charge in [-0.25, -0.2) is 9.97 Å². The number of carbonyl (C=O) groups is 1. The van der Waals surface area contributed by atoms with Crippen LogP contribution in [0.2, 0.25) is 0 Å². The molecule has 0 bridgehead atoms. The molecule has 0 saturated heterocycles. The molecule has 0 aliphatic rings. The summed E-state index contributed by atoms with van der Waals surface area (Å²) >= 11 is 0. The Bertz CT molecular complexity index is 1320. The molecular formula is C22H21N7O2. The molecule has 0 saturated carbocycles. The SMILES string of the molecule is Cc1cn(-c2cc(N)cc(NC(=O)c3ccc(C)c(Nc4nccc(=O)[nH]4)c3)c2)cn1. The minimum absolute atomic E-state index is 0.269. The molecule has 9 heteroatoms. The van der Waals surface area contributed by atoms with Crippen LogP contribution < -0.4 is 21.9 Å². The number of hydrogen-bond acceptors (Lipinski definition) is 6. The van der Waals surface area contributed by atoms with Crippen LogP contribution in [-0.2, 0) is 0 Å². The van der Waals surface area contributed by atoms with Crippen LogP contribution in [0, 0.1) is 13.8 Å². The molecule has 9 nitrogen and oxygen atoms in total. The van der Waals surface area contributed by atoms with Crippen molar-refractivity contribution < 1.29 is 4.79 Å². The fraction of sp³-hybridized carbons (Fsp3) is 0.0909. The minimum atomic E-state index is -0.295. The Morgan fingerprint density at radius 3 is 2.68 bits per heavy atom. The van der Waals surface area contributed by atoms with Crippen molar-refractivity contribution in [1.82, 2.24) is 19.5 Å². The average molecular weight is 415 g/mol. The van der Waals surface area contributed by atoms with E-state index in [9.17, 15) is 9.59 Å². The van der Waals surface area contributed by atoms with Gasteiger partial charge in [0.25, 0.3) is 11.5 Å². The van der Waals surface area contributed by atoms with Crippen LogP contribution in [0.15, 0.2) is 66.0 Å². The van der Waals surface area contributed by atoms with Crippen LogP contribution >= 0.6 is 0 Å². The monoisotopic (exact) mass is 415 g/mol. The second kappa shape index (κ2) is 8.15. The zero-order valence-electron chi connectivity index (χ0n) is 17.0. The van der Waals surface area contributed by atoms with Crippen LogP contribution in [0.25, 0.3) is 5.69 Å². The van der Waals surface area contributed by atoms with Gasteiger partial charge in [0.1, 0.15) is 0 Å². The highest BCUT2D eigenvalue weighted by Crippen LogP contribution is 2.23. The van der Waals surface area contributed by atoms with E-state index in [1.165, 1.54) is 12.3 Å². The second-order valence-corrected chi connectivity index (χ2v) is 7.13. The fourth-order valence-electron chi connectivity index (χ4n) is 3.08. The zero-order valence-corrected chi connectivity index (χ0v) is 17.0. The fourth-order valence-corrected chi connectivity index (χ4v) is 3.08. The Morgan fingerprint density at radius 2 is 1.94 bits per heavy atom. The van der Waals surface area contributed by atoms with E-state index in [1.807, 2.05) is 36.7 Å². The van der Waals surface area contributed by atoms with E-state index in [2.05, 4.69) is 25.6 Å². The molecule has 0 aliphatic carbocycles. The lowest BCUT2D eigenvalue weighted by molar-refractivity contribution is 0.102. The minimum Gasteiger partial charge on any atom is -0.399 e. The smallest absolute Gasteiger partial charge is 0.255 e. The van der Waals surface area contributed by atoms with Crippen LogP contribution in [0.1, 0.15) is 21.6 Å². The largest absolute Gasteiger partial charge is 0.399 e. The Hall–Kier alpha value is -4.40. The molecule has 4 aromatic rings. The normalized spacial score (nSPS) is 10.6. The topological polar surface area (TPSA) is 131 Å². The Morgan fingerprint density at radius 1 is 1.10 bits per heavy atom. The number of anilines is 4. The van der Waals surface area contributed by atoms with Crippen LogP contribution in [0.3, 0.4) is 0 Å². The molecule has 2 heterocycles. The van der Waals surface area contributed by atoms with Gasteiger partial charge in [0, 0.05) is 41.1 Å². The summed E-state index contributed by atoms with van der Waals surface area (Å²) < 4.78 is 1.84. The number of imidazole rings is 1. The van der Waals surface area contributed by atoms with E-state index in [0.717, 1.165) is 16.9 Å². The Balaban J connectivity index is 1.58. The van der Waals surface area contributed by atoms with Gasteiger partial charge in [-0.3, -0.25) is 14.6 Å². The molecule has 0 fully saturated rings. The third kappa shape index (κ3) is 4.61. The predicted octanol–water partition coefficient (Wildman–Crippen LogP) is 3.15. The van der Waals surface area contributed by atoms with E-state index in [0.29, 0.717) is 28.6 Å². The van der Waals surface area contributed by atoms with E-state index < -0.39 is 0 Å². The van der Waals surface area contributed by atoms with Gasteiger partial charge in [-0.05, 0) is 49.7 Å². The number of nitrogens with one attached hydrogen (secondary N) is 3. The molecule has 2 aromatic heterocycles. The quantitative estimate of drug-likeness (QED) is 0.370. The van der Waals surface area contributed by atoms with Crippen molar-refractivity contribution in [1.29, 1.82) is 0 Å². The van der Waals surface area contributed by atoms with Crippen LogP contribution in [0.4, 0.5) is 23.0 Å². The summed E-state index contributed by atoms with van der Waals surface area (Å²) in [6, 6.07) is 11.9. The van der Waals surface area contributed by atoms with E-state index >= 15 is 0 Å². The summed E-state index contributed by atoms with van der Waals surface area (Å²) in [5, 5.41) is 5.92. The Labute approximate surface area is 178 Å². The third-order valence-corrected chi connectivity index (χ3v) is 4.63. The highest BCUT2D eigenvalue weighted by molar-refractivity contribution is 6.05. The molecule has 5 N–H and O–H groups in total. The molecule has 0 spiro atoms. The lowest BCUT2D eigenvalue weighted by Gasteiger charge is -2.12. The molecule has 2 aromatic carbocycles. The number of nitrogens with two attached hydrogens (primary N) is 1. The maximum absolute atomic E-state index is 12.9. The first-order chi connectivity index (χ1) is 14.9. The highest BCUT2D eigenvalue weighted by atomic mass is 16.1. The van der Waals surface area contributed by atoms with Crippen molar-refractivity contribution in [2.75, 3.05) is 16.4 Å². The van der Waals surface area contributed by atoms with Crippen molar-refractivity contribution in [3.8, 4) is 5.69 Å². The van der Waals surface area contributed by atoms with Gasteiger partial charge < -0.3 is 20.9 Å². The summed E-state index contributed by atoms with van der Waals surface area (Å²) in [4.78, 5) is 35.3. The molecule has 4 rings (SSSR count). The van der Waals surface area contributed by atoms with E-state index in [4.69, 9.17) is 5.73 Å². The number of hydrogen-bond donors (Lipinski definition) is 4. The lowest BCUT2D eigenvalue weighted by atomic mass is 10.1. The van der Waals surface area contributed by atoms with Gasteiger partial charge in [-0.15, -0.1) is 0 Å². The molecule has 1 amide bonds. The average Bonchev–Trinajstić information content (AvgIpc) is 3.15. The molecule has 0 unspecified atom stereocenters. The highest BCUT2D eigenvalue weighted by Gasteiger charge is 2.11. The number of H-pyrrole nitrogens is 1.